The molecule has 38 heavy (non-hydrogen) atoms. The van der Waals surface area contributed by atoms with Crippen LogP contribution in [0, 0.1) is 38.8 Å². The topological polar surface area (TPSA) is 32.0 Å². The maximum atomic E-state index is 5.93. The van der Waals surface area contributed by atoms with Gasteiger partial charge in [0.1, 0.15) is 11.3 Å². The number of fused-ring (bicyclic) bond motifs is 3. The molecule has 0 spiro atoms. The fourth-order valence-corrected chi connectivity index (χ4v) is 4.21. The van der Waals surface area contributed by atoms with E-state index in [1.807, 2.05) is 59.6 Å². The molecule has 1 radical (unpaired) electrons. The number of aromatic nitrogens is 1. The van der Waals surface area contributed by atoms with Crippen LogP contribution >= 0.6 is 0 Å². The maximum absolute atomic E-state index is 5.93. The normalized spacial score (nSPS) is 12.3. The van der Waals surface area contributed by atoms with Gasteiger partial charge in [0.25, 0.3) is 6.20 Å². The van der Waals surface area contributed by atoms with Crippen molar-refractivity contribution >= 4 is 33.6 Å². The van der Waals surface area contributed by atoms with E-state index in [4.69, 9.17) is 4.42 Å². The third-order valence-corrected chi connectivity index (χ3v) is 6.36. The van der Waals surface area contributed by atoms with Crippen LogP contribution in [-0.4, -0.2) is 26.7 Å². The van der Waals surface area contributed by atoms with Gasteiger partial charge >= 0.3 is 6.01 Å². The minimum atomic E-state index is 0. The molecule has 5 heteroatoms. The molecular weight excluding hydrogens is 647 g/mol. The van der Waals surface area contributed by atoms with Gasteiger partial charge in [0.2, 0.25) is 6.20 Å². The van der Waals surface area contributed by atoms with E-state index in [1.165, 1.54) is 16.7 Å². The molecule has 193 valence electrons. The number of nitrogens with zero attached hydrogens (tertiary/aromatic N) is 3. The van der Waals surface area contributed by atoms with Crippen LogP contribution < -0.4 is 0 Å². The molecule has 0 saturated carbocycles. The molecule has 0 saturated heterocycles. The summed E-state index contributed by atoms with van der Waals surface area (Å²) in [5.74, 6) is 0.596. The molecule has 0 atom stereocenters. The van der Waals surface area contributed by atoms with Crippen molar-refractivity contribution in [2.45, 2.75) is 34.6 Å². The smallest absolute Gasteiger partial charge is 0.483 e. The van der Waals surface area contributed by atoms with E-state index in [0.29, 0.717) is 5.92 Å². The van der Waals surface area contributed by atoms with E-state index in [2.05, 4.69) is 86.6 Å². The number of para-hydroxylation sites is 1. The van der Waals surface area contributed by atoms with Crippen molar-refractivity contribution in [1.82, 2.24) is 4.98 Å². The maximum Gasteiger partial charge on any atom is 0.493 e. The molecule has 0 N–H and O–H groups in total. The summed E-state index contributed by atoms with van der Waals surface area (Å²) in [5.41, 5.74) is 8.51. The molecule has 4 nitrogen and oxygen atoms in total. The van der Waals surface area contributed by atoms with E-state index in [0.717, 1.165) is 45.4 Å². The number of aryl methyl sites for hydroxylation is 3. The second kappa shape index (κ2) is 11.8. The van der Waals surface area contributed by atoms with Crippen molar-refractivity contribution in [3.05, 3.63) is 108 Å². The number of rotatable bonds is 4. The second-order valence-corrected chi connectivity index (χ2v) is 9.94. The van der Waals surface area contributed by atoms with Crippen molar-refractivity contribution < 1.29 is 33.7 Å². The van der Waals surface area contributed by atoms with Gasteiger partial charge in [-0.05, 0) is 36.6 Å². The molecule has 1 aliphatic heterocycles. The number of benzene rings is 3. The Morgan fingerprint density at radius 3 is 2.45 bits per heavy atom. The van der Waals surface area contributed by atoms with Crippen molar-refractivity contribution in [2.75, 3.05) is 6.54 Å². The zero-order valence-electron chi connectivity index (χ0n) is 22.4. The first-order valence-electron chi connectivity index (χ1n) is 12.6. The van der Waals surface area contributed by atoms with Gasteiger partial charge in [-0.2, -0.15) is 6.07 Å². The first kappa shape index (κ1) is 27.4. The van der Waals surface area contributed by atoms with Crippen LogP contribution in [0.2, 0.25) is 0 Å². The quantitative estimate of drug-likeness (QED) is 0.144. The largest absolute Gasteiger partial charge is 0.493 e. The van der Waals surface area contributed by atoms with Crippen molar-refractivity contribution in [1.29, 1.82) is 0 Å². The molecule has 0 aliphatic carbocycles. The van der Waals surface area contributed by atoms with Gasteiger partial charge in [-0.15, -0.1) is 41.5 Å². The fourth-order valence-electron chi connectivity index (χ4n) is 4.21. The monoisotopic (exact) mass is 678 g/mol. The van der Waals surface area contributed by atoms with Gasteiger partial charge in [-0.1, -0.05) is 71.2 Å². The molecule has 3 aromatic carbocycles. The minimum Gasteiger partial charge on any atom is -0.483 e. The molecule has 5 aromatic rings. The second-order valence-electron chi connectivity index (χ2n) is 9.94. The van der Waals surface area contributed by atoms with E-state index >= 15 is 0 Å². The Bertz CT molecular complexity index is 1690. The Balaban J connectivity index is 0.000000185. The van der Waals surface area contributed by atoms with Gasteiger partial charge in [0, 0.05) is 37.8 Å². The summed E-state index contributed by atoms with van der Waals surface area (Å²) >= 11 is 0. The molecule has 0 unspecified atom stereocenters. The third kappa shape index (κ3) is 6.09. The van der Waals surface area contributed by atoms with E-state index in [9.17, 15) is 0 Å². The summed E-state index contributed by atoms with van der Waals surface area (Å²) < 4.78 is 9.96. The van der Waals surface area contributed by atoms with E-state index in [-0.39, 0.29) is 20.1 Å². The Morgan fingerprint density at radius 1 is 0.895 bits per heavy atom. The van der Waals surface area contributed by atoms with E-state index < -0.39 is 0 Å². The number of pyridine rings is 1. The van der Waals surface area contributed by atoms with Crippen LogP contribution in [0.4, 0.5) is 5.69 Å². The van der Waals surface area contributed by atoms with Crippen LogP contribution in [0.1, 0.15) is 30.5 Å². The SMILES string of the molecule is CC(C)C[N+]1=C=[N+](c2[c-]cc3c(c2)oc2ccccc23)C=C1.Cc1c[c-]c(-c2cc(C)c(C)cn2)cc1.[Ir]. The average Bonchev–Trinajstić information content (AvgIpc) is 3.50. The summed E-state index contributed by atoms with van der Waals surface area (Å²) in [5, 5.41) is 2.23. The Labute approximate surface area is 238 Å². The van der Waals surface area contributed by atoms with Gasteiger partial charge in [-0.3, -0.25) is 0 Å². The van der Waals surface area contributed by atoms with Gasteiger partial charge in [0.15, 0.2) is 6.54 Å². The van der Waals surface area contributed by atoms with Crippen LogP contribution in [0.15, 0.2) is 83.7 Å². The minimum absolute atomic E-state index is 0. The molecule has 3 heterocycles. The summed E-state index contributed by atoms with van der Waals surface area (Å²) in [6, 6.07) is 30.2. The predicted molar refractivity (Wildman–Crippen MR) is 149 cm³/mol. The third-order valence-electron chi connectivity index (χ3n) is 6.36. The Morgan fingerprint density at radius 2 is 1.71 bits per heavy atom. The van der Waals surface area contributed by atoms with Crippen LogP contribution in [0.25, 0.3) is 33.2 Å². The number of hydrogen-bond acceptors (Lipinski definition) is 2. The van der Waals surface area contributed by atoms with Crippen molar-refractivity contribution in [2.24, 2.45) is 5.92 Å². The molecule has 6 rings (SSSR count). The summed E-state index contributed by atoms with van der Waals surface area (Å²) in [6.07, 6.45) is 5.96. The van der Waals surface area contributed by atoms with Crippen LogP contribution in [0.3, 0.4) is 0 Å². The number of furan rings is 1. The first-order chi connectivity index (χ1) is 17.9. The van der Waals surface area contributed by atoms with Crippen LogP contribution in [-0.2, 0) is 20.1 Å². The molecule has 0 fully saturated rings. The zero-order chi connectivity index (χ0) is 25.9. The summed E-state index contributed by atoms with van der Waals surface area (Å²) in [4.78, 5) is 4.41. The van der Waals surface area contributed by atoms with Crippen molar-refractivity contribution in [3.8, 4) is 11.3 Å². The molecule has 2 aromatic heterocycles. The Kier molecular flexibility index (Phi) is 8.54. The molecule has 0 bridgehead atoms. The predicted octanol–water partition coefficient (Wildman–Crippen LogP) is 7.83. The molecule has 1 aliphatic rings. The zero-order valence-corrected chi connectivity index (χ0v) is 24.8. The van der Waals surface area contributed by atoms with Gasteiger partial charge in [-0.25, -0.2) is 0 Å². The standard InChI is InChI=1S/C19H17N2O.C14H14N.Ir/c1-14(2)12-20-9-10-21(13-20)15-7-8-17-16-5-3-4-6-18(16)22-19(17)11-15;1-10-4-6-13(7-5-10)14-8-11(2)12(3)9-15-14;/h3-6,8-11,14H,12H2,1-2H3;4-6,8-9H,1-3H3;/q+1;-1;. The van der Waals surface area contributed by atoms with E-state index in [1.54, 1.807) is 0 Å². The molecular formula is C33H31IrN3O. The summed E-state index contributed by atoms with van der Waals surface area (Å²) in [6.45, 7) is 11.6. The average molecular weight is 678 g/mol. The summed E-state index contributed by atoms with van der Waals surface area (Å²) in [7, 11) is 0. The fraction of sp³-hybridized carbons (Fsp3) is 0.212. The first-order valence-corrected chi connectivity index (χ1v) is 12.6. The Hall–Kier alpha value is -3.62. The van der Waals surface area contributed by atoms with Gasteiger partial charge in [0.05, 0.1) is 0 Å². The number of hydrogen-bond donors (Lipinski definition) is 0. The van der Waals surface area contributed by atoms with Crippen LogP contribution in [0.5, 0.6) is 0 Å². The van der Waals surface area contributed by atoms with Gasteiger partial charge < -0.3 is 9.40 Å². The van der Waals surface area contributed by atoms with Crippen molar-refractivity contribution in [3.63, 3.8) is 0 Å². The molecule has 0 amide bonds.